The Morgan fingerprint density at radius 2 is 1.75 bits per heavy atom. The lowest BCUT2D eigenvalue weighted by molar-refractivity contribution is -0.174. The molecule has 8 atom stereocenters. The molecule has 0 saturated heterocycles. The Morgan fingerprint density at radius 3 is 2.30 bits per heavy atom. The summed E-state index contributed by atoms with van der Waals surface area (Å²) in [6.07, 6.45) is 5.84. The van der Waals surface area contributed by atoms with Crippen molar-refractivity contribution in [2.45, 2.75) is 65.8 Å². The summed E-state index contributed by atoms with van der Waals surface area (Å²) in [6.45, 7) is 13.2. The molecule has 20 heavy (non-hydrogen) atoms. The van der Waals surface area contributed by atoms with Gasteiger partial charge in [0.15, 0.2) is 6.29 Å². The Morgan fingerprint density at radius 1 is 1.15 bits per heavy atom. The summed E-state index contributed by atoms with van der Waals surface area (Å²) < 4.78 is 5.88. The molecular weight excluding hydrogens is 248 g/mol. The zero-order valence-electron chi connectivity index (χ0n) is 13.6. The van der Waals surface area contributed by atoms with Crippen LogP contribution >= 0.6 is 0 Å². The highest BCUT2D eigenvalue weighted by atomic mass is 16.6. The Bertz CT molecular complexity index is 327. The molecule has 0 aromatic rings. The van der Waals surface area contributed by atoms with Gasteiger partial charge in [0.1, 0.15) is 0 Å². The standard InChI is InChI=1S/C18H32O2/c1-6-14-15(20-16(19)7-2)10-13(5)17-11(3)8-9-12(4)18(14)17/h7,11-19H,2,6,8-10H2,1,3-5H3. The van der Waals surface area contributed by atoms with Gasteiger partial charge in [0.2, 0.25) is 0 Å². The lowest BCUT2D eigenvalue weighted by Crippen LogP contribution is -2.50. The van der Waals surface area contributed by atoms with E-state index in [1.54, 1.807) is 0 Å². The van der Waals surface area contributed by atoms with Crippen LogP contribution in [0.1, 0.15) is 53.4 Å². The van der Waals surface area contributed by atoms with Crippen molar-refractivity contribution in [3.05, 3.63) is 12.7 Å². The fourth-order valence-corrected chi connectivity index (χ4v) is 5.19. The Labute approximate surface area is 124 Å². The maximum absolute atomic E-state index is 9.78. The normalized spacial score (nSPS) is 46.5. The van der Waals surface area contributed by atoms with Gasteiger partial charge in [-0.15, -0.1) is 0 Å². The SMILES string of the molecule is C=CC(O)OC1CC(C)C2C(C)CCC(C)C2C1CC. The summed E-state index contributed by atoms with van der Waals surface area (Å²) >= 11 is 0. The smallest absolute Gasteiger partial charge is 0.174 e. The van der Waals surface area contributed by atoms with E-state index in [0.29, 0.717) is 11.8 Å². The van der Waals surface area contributed by atoms with Crippen LogP contribution in [-0.4, -0.2) is 17.5 Å². The molecule has 0 bridgehead atoms. The number of ether oxygens (including phenoxy) is 1. The molecule has 0 aromatic carbocycles. The molecule has 2 aliphatic rings. The van der Waals surface area contributed by atoms with E-state index in [0.717, 1.165) is 36.5 Å². The van der Waals surface area contributed by atoms with Gasteiger partial charge in [-0.05, 0) is 48.0 Å². The molecule has 2 saturated carbocycles. The van der Waals surface area contributed by atoms with Crippen LogP contribution in [-0.2, 0) is 4.74 Å². The quantitative estimate of drug-likeness (QED) is 0.616. The van der Waals surface area contributed by atoms with Crippen molar-refractivity contribution in [2.24, 2.45) is 35.5 Å². The van der Waals surface area contributed by atoms with Crippen LogP contribution in [0, 0.1) is 35.5 Å². The first-order chi connectivity index (χ1) is 9.49. The van der Waals surface area contributed by atoms with Crippen molar-refractivity contribution in [2.75, 3.05) is 0 Å². The third kappa shape index (κ3) is 2.96. The number of rotatable bonds is 4. The summed E-state index contributed by atoms with van der Waals surface area (Å²) in [7, 11) is 0. The maximum atomic E-state index is 9.78. The highest BCUT2D eigenvalue weighted by Crippen LogP contribution is 2.53. The van der Waals surface area contributed by atoms with Gasteiger partial charge in [0, 0.05) is 0 Å². The minimum Gasteiger partial charge on any atom is -0.365 e. The van der Waals surface area contributed by atoms with Gasteiger partial charge in [-0.2, -0.15) is 0 Å². The number of aliphatic hydroxyl groups excluding tert-OH is 1. The van der Waals surface area contributed by atoms with E-state index >= 15 is 0 Å². The van der Waals surface area contributed by atoms with Crippen molar-refractivity contribution in [1.82, 2.24) is 0 Å². The number of hydrogen-bond acceptors (Lipinski definition) is 2. The lowest BCUT2D eigenvalue weighted by atomic mass is 9.54. The maximum Gasteiger partial charge on any atom is 0.174 e. The van der Waals surface area contributed by atoms with Crippen molar-refractivity contribution in [3.8, 4) is 0 Å². The highest BCUT2D eigenvalue weighted by Gasteiger charge is 2.48. The molecule has 8 unspecified atom stereocenters. The summed E-state index contributed by atoms with van der Waals surface area (Å²) in [4.78, 5) is 0. The third-order valence-electron chi connectivity index (χ3n) is 6.06. The molecule has 0 amide bonds. The number of fused-ring (bicyclic) bond motifs is 1. The van der Waals surface area contributed by atoms with Crippen LogP contribution in [0.2, 0.25) is 0 Å². The van der Waals surface area contributed by atoms with Crippen molar-refractivity contribution < 1.29 is 9.84 Å². The van der Waals surface area contributed by atoms with Crippen molar-refractivity contribution >= 4 is 0 Å². The average molecular weight is 280 g/mol. The molecule has 2 heteroatoms. The van der Waals surface area contributed by atoms with Crippen LogP contribution in [0.15, 0.2) is 12.7 Å². The average Bonchev–Trinajstić information content (AvgIpc) is 2.42. The molecule has 1 N–H and O–H groups in total. The van der Waals surface area contributed by atoms with Crippen LogP contribution in [0.3, 0.4) is 0 Å². The van der Waals surface area contributed by atoms with E-state index in [9.17, 15) is 5.11 Å². The van der Waals surface area contributed by atoms with Gasteiger partial charge in [-0.25, -0.2) is 0 Å². The first kappa shape index (κ1) is 16.0. The summed E-state index contributed by atoms with van der Waals surface area (Å²) in [6, 6.07) is 0. The second kappa shape index (κ2) is 6.62. The largest absolute Gasteiger partial charge is 0.365 e. The van der Waals surface area contributed by atoms with E-state index in [4.69, 9.17) is 4.74 Å². The zero-order valence-corrected chi connectivity index (χ0v) is 13.6. The second-order valence-corrected chi connectivity index (χ2v) is 7.27. The molecular formula is C18H32O2. The van der Waals surface area contributed by atoms with Gasteiger partial charge < -0.3 is 9.84 Å². The minimum atomic E-state index is -0.811. The lowest BCUT2D eigenvalue weighted by Gasteiger charge is -2.53. The Kier molecular flexibility index (Phi) is 5.30. The molecule has 0 aliphatic heterocycles. The van der Waals surface area contributed by atoms with Gasteiger partial charge >= 0.3 is 0 Å². The van der Waals surface area contributed by atoms with Crippen molar-refractivity contribution in [1.29, 1.82) is 0 Å². The van der Waals surface area contributed by atoms with Crippen LogP contribution < -0.4 is 0 Å². The van der Waals surface area contributed by atoms with E-state index in [1.165, 1.54) is 18.9 Å². The number of hydrogen-bond donors (Lipinski definition) is 1. The summed E-state index contributed by atoms with van der Waals surface area (Å²) in [5.41, 5.74) is 0. The highest BCUT2D eigenvalue weighted by molar-refractivity contribution is 4.97. The molecule has 2 fully saturated rings. The molecule has 0 aromatic heterocycles. The van der Waals surface area contributed by atoms with E-state index in [2.05, 4.69) is 34.3 Å². The molecule has 2 aliphatic carbocycles. The molecule has 0 heterocycles. The van der Waals surface area contributed by atoms with E-state index < -0.39 is 6.29 Å². The molecule has 2 nitrogen and oxygen atoms in total. The molecule has 0 radical (unpaired) electrons. The molecule has 2 rings (SSSR count). The molecule has 116 valence electrons. The predicted molar refractivity (Wildman–Crippen MR) is 83.2 cm³/mol. The Hall–Kier alpha value is -0.340. The van der Waals surface area contributed by atoms with Crippen LogP contribution in [0.4, 0.5) is 0 Å². The fourth-order valence-electron chi connectivity index (χ4n) is 5.19. The zero-order chi connectivity index (χ0) is 14.9. The second-order valence-electron chi connectivity index (χ2n) is 7.27. The summed E-state index contributed by atoms with van der Waals surface area (Å²) in [5.74, 6) is 4.51. The van der Waals surface area contributed by atoms with Crippen molar-refractivity contribution in [3.63, 3.8) is 0 Å². The Balaban J connectivity index is 2.20. The minimum absolute atomic E-state index is 0.192. The fraction of sp³-hybridized carbons (Fsp3) is 0.889. The van der Waals surface area contributed by atoms with E-state index in [-0.39, 0.29) is 6.10 Å². The van der Waals surface area contributed by atoms with Crippen LogP contribution in [0.5, 0.6) is 0 Å². The third-order valence-corrected chi connectivity index (χ3v) is 6.06. The van der Waals surface area contributed by atoms with Crippen LogP contribution in [0.25, 0.3) is 0 Å². The van der Waals surface area contributed by atoms with Gasteiger partial charge in [0.05, 0.1) is 6.10 Å². The van der Waals surface area contributed by atoms with Gasteiger partial charge in [-0.3, -0.25) is 0 Å². The number of aliphatic hydroxyl groups is 1. The summed E-state index contributed by atoms with van der Waals surface area (Å²) in [5, 5.41) is 9.78. The monoisotopic (exact) mass is 280 g/mol. The first-order valence-electron chi connectivity index (χ1n) is 8.45. The molecule has 0 spiro atoms. The van der Waals surface area contributed by atoms with Gasteiger partial charge in [0.25, 0.3) is 0 Å². The topological polar surface area (TPSA) is 29.5 Å². The first-order valence-corrected chi connectivity index (χ1v) is 8.45. The van der Waals surface area contributed by atoms with Gasteiger partial charge in [-0.1, -0.05) is 53.5 Å². The predicted octanol–water partition coefficient (Wildman–Crippen LogP) is 4.24. The van der Waals surface area contributed by atoms with E-state index in [1.807, 2.05) is 0 Å².